The van der Waals surface area contributed by atoms with Crippen molar-refractivity contribution < 1.29 is 18.4 Å². The van der Waals surface area contributed by atoms with E-state index in [2.05, 4.69) is 5.32 Å². The molecule has 1 aliphatic heterocycles. The van der Waals surface area contributed by atoms with Crippen molar-refractivity contribution in [3.63, 3.8) is 0 Å². The van der Waals surface area contributed by atoms with Crippen LogP contribution in [0.2, 0.25) is 0 Å². The van der Waals surface area contributed by atoms with Gasteiger partial charge in [-0.05, 0) is 17.7 Å². The second-order valence-electron chi connectivity index (χ2n) is 6.26. The van der Waals surface area contributed by atoms with Gasteiger partial charge in [0.1, 0.15) is 11.6 Å². The summed E-state index contributed by atoms with van der Waals surface area (Å²) in [6.45, 7) is 0.284. The van der Waals surface area contributed by atoms with Crippen LogP contribution in [-0.4, -0.2) is 24.9 Å². The fourth-order valence-electron chi connectivity index (χ4n) is 2.99. The lowest BCUT2D eigenvalue weighted by Gasteiger charge is -2.18. The Morgan fingerprint density at radius 3 is 2.59 bits per heavy atom. The standard InChI is InChI=1S/C19H19F2N3O2.ClH/c20-14-6-7-17(15(21)9-14)24-11-13(8-18(24)25)19(26)23-10-16(22)12-4-2-1-3-5-12;/h1-7,9,13,16H,8,10-11,22H2,(H,23,26);1H. The number of amides is 2. The topological polar surface area (TPSA) is 75.4 Å². The van der Waals surface area contributed by atoms with E-state index < -0.39 is 17.6 Å². The Morgan fingerprint density at radius 1 is 1.22 bits per heavy atom. The molecular formula is C19H20ClF2N3O2. The van der Waals surface area contributed by atoms with Gasteiger partial charge in [-0.1, -0.05) is 30.3 Å². The zero-order valence-corrected chi connectivity index (χ0v) is 15.2. The lowest BCUT2D eigenvalue weighted by atomic mass is 10.1. The summed E-state index contributed by atoms with van der Waals surface area (Å²) in [5.74, 6) is -2.83. The quantitative estimate of drug-likeness (QED) is 0.817. The van der Waals surface area contributed by atoms with Crippen LogP contribution < -0.4 is 16.0 Å². The molecule has 2 aromatic rings. The maximum absolute atomic E-state index is 13.9. The van der Waals surface area contributed by atoms with Crippen molar-refractivity contribution >= 4 is 29.9 Å². The Labute approximate surface area is 161 Å². The number of benzene rings is 2. The van der Waals surface area contributed by atoms with E-state index >= 15 is 0 Å². The highest BCUT2D eigenvalue weighted by atomic mass is 35.5. The molecular weight excluding hydrogens is 376 g/mol. The first-order valence-corrected chi connectivity index (χ1v) is 8.29. The third-order valence-electron chi connectivity index (χ3n) is 4.42. The van der Waals surface area contributed by atoms with Gasteiger partial charge in [-0.25, -0.2) is 8.78 Å². The molecule has 1 aliphatic rings. The summed E-state index contributed by atoms with van der Waals surface area (Å²) in [5, 5.41) is 2.74. The highest BCUT2D eigenvalue weighted by Gasteiger charge is 2.36. The van der Waals surface area contributed by atoms with Crippen LogP contribution in [0.15, 0.2) is 48.5 Å². The second-order valence-corrected chi connectivity index (χ2v) is 6.26. The molecule has 2 unspecified atom stereocenters. The van der Waals surface area contributed by atoms with Gasteiger partial charge in [0.15, 0.2) is 0 Å². The minimum absolute atomic E-state index is 0. The van der Waals surface area contributed by atoms with Gasteiger partial charge in [0.05, 0.1) is 11.6 Å². The van der Waals surface area contributed by atoms with Crippen molar-refractivity contribution in [2.75, 3.05) is 18.0 Å². The van der Waals surface area contributed by atoms with Crippen molar-refractivity contribution in [2.45, 2.75) is 12.5 Å². The summed E-state index contributed by atoms with van der Waals surface area (Å²) < 4.78 is 26.9. The maximum atomic E-state index is 13.9. The second kappa shape index (κ2) is 8.92. The average molecular weight is 396 g/mol. The minimum Gasteiger partial charge on any atom is -0.354 e. The first-order chi connectivity index (χ1) is 12.5. The van der Waals surface area contributed by atoms with E-state index in [1.54, 1.807) is 0 Å². The molecule has 0 aromatic heterocycles. The summed E-state index contributed by atoms with van der Waals surface area (Å²) in [4.78, 5) is 25.7. The Balaban J connectivity index is 0.00000261. The van der Waals surface area contributed by atoms with Crippen LogP contribution in [0.4, 0.5) is 14.5 Å². The van der Waals surface area contributed by atoms with E-state index in [4.69, 9.17) is 5.73 Å². The number of halogens is 3. The molecule has 2 aromatic carbocycles. The van der Waals surface area contributed by atoms with Crippen LogP contribution in [0.3, 0.4) is 0 Å². The first-order valence-electron chi connectivity index (χ1n) is 8.29. The number of nitrogens with two attached hydrogens (primary N) is 1. The number of hydrogen-bond acceptors (Lipinski definition) is 3. The molecule has 0 spiro atoms. The van der Waals surface area contributed by atoms with Crippen molar-refractivity contribution in [3.8, 4) is 0 Å². The zero-order valence-electron chi connectivity index (χ0n) is 14.4. The largest absolute Gasteiger partial charge is 0.354 e. The molecule has 5 nitrogen and oxygen atoms in total. The van der Waals surface area contributed by atoms with Gasteiger partial charge >= 0.3 is 0 Å². The third-order valence-corrected chi connectivity index (χ3v) is 4.42. The van der Waals surface area contributed by atoms with E-state index in [0.29, 0.717) is 0 Å². The highest BCUT2D eigenvalue weighted by molar-refractivity contribution is 6.00. The van der Waals surface area contributed by atoms with E-state index in [-0.39, 0.29) is 55.5 Å². The lowest BCUT2D eigenvalue weighted by Crippen LogP contribution is -2.37. The number of anilines is 1. The SMILES string of the molecule is Cl.NC(CNC(=O)C1CC(=O)N(c2ccc(F)cc2F)C1)c1ccccc1. The molecule has 0 saturated carbocycles. The summed E-state index contributed by atoms with van der Waals surface area (Å²) in [5.41, 5.74) is 6.92. The van der Waals surface area contributed by atoms with Crippen molar-refractivity contribution in [2.24, 2.45) is 11.7 Å². The fourth-order valence-corrected chi connectivity index (χ4v) is 2.99. The highest BCUT2D eigenvalue weighted by Crippen LogP contribution is 2.28. The molecule has 8 heteroatoms. The van der Waals surface area contributed by atoms with Gasteiger partial charge in [-0.3, -0.25) is 9.59 Å². The van der Waals surface area contributed by atoms with Crippen LogP contribution in [0.25, 0.3) is 0 Å². The van der Waals surface area contributed by atoms with Gasteiger partial charge in [-0.15, -0.1) is 12.4 Å². The Hall–Kier alpha value is -2.51. The van der Waals surface area contributed by atoms with E-state index in [0.717, 1.165) is 17.7 Å². The van der Waals surface area contributed by atoms with Crippen LogP contribution in [-0.2, 0) is 9.59 Å². The molecule has 1 heterocycles. The molecule has 1 fully saturated rings. The predicted molar refractivity (Wildman–Crippen MR) is 100 cm³/mol. The molecule has 0 radical (unpaired) electrons. The lowest BCUT2D eigenvalue weighted by molar-refractivity contribution is -0.126. The maximum Gasteiger partial charge on any atom is 0.227 e. The van der Waals surface area contributed by atoms with Crippen molar-refractivity contribution in [3.05, 3.63) is 65.7 Å². The fraction of sp³-hybridized carbons (Fsp3) is 0.263. The van der Waals surface area contributed by atoms with Crippen molar-refractivity contribution in [1.82, 2.24) is 5.32 Å². The molecule has 3 rings (SSSR count). The average Bonchev–Trinajstić information content (AvgIpc) is 3.02. The van der Waals surface area contributed by atoms with E-state index in [1.165, 1.54) is 11.0 Å². The number of carbonyl (C=O) groups excluding carboxylic acids is 2. The van der Waals surface area contributed by atoms with Crippen LogP contribution in [0.5, 0.6) is 0 Å². The van der Waals surface area contributed by atoms with Crippen LogP contribution in [0.1, 0.15) is 18.0 Å². The molecule has 0 aliphatic carbocycles. The van der Waals surface area contributed by atoms with Crippen LogP contribution in [0, 0.1) is 17.6 Å². The summed E-state index contributed by atoms with van der Waals surface area (Å²) >= 11 is 0. The van der Waals surface area contributed by atoms with Crippen molar-refractivity contribution in [1.29, 1.82) is 0 Å². The van der Waals surface area contributed by atoms with Gasteiger partial charge in [0, 0.05) is 31.6 Å². The van der Waals surface area contributed by atoms with Gasteiger partial charge in [0.2, 0.25) is 11.8 Å². The summed E-state index contributed by atoms with van der Waals surface area (Å²) in [6, 6.07) is 12.0. The molecule has 144 valence electrons. The van der Waals surface area contributed by atoms with Gasteiger partial charge in [-0.2, -0.15) is 0 Å². The van der Waals surface area contributed by atoms with Gasteiger partial charge < -0.3 is 16.0 Å². The molecule has 0 bridgehead atoms. The third kappa shape index (κ3) is 4.81. The van der Waals surface area contributed by atoms with E-state index in [9.17, 15) is 18.4 Å². The molecule has 3 N–H and O–H groups in total. The number of hydrogen-bond donors (Lipinski definition) is 2. The first kappa shape index (κ1) is 20.8. The molecule has 1 saturated heterocycles. The summed E-state index contributed by atoms with van der Waals surface area (Å²) in [7, 11) is 0. The predicted octanol–water partition coefficient (Wildman–Crippen LogP) is 2.56. The van der Waals surface area contributed by atoms with Crippen LogP contribution >= 0.6 is 12.4 Å². The molecule has 2 amide bonds. The summed E-state index contributed by atoms with van der Waals surface area (Å²) in [6.07, 6.45) is -0.0246. The normalized spacial score (nSPS) is 17.4. The Morgan fingerprint density at radius 2 is 1.93 bits per heavy atom. The number of rotatable bonds is 5. The monoisotopic (exact) mass is 395 g/mol. The Kier molecular flexibility index (Phi) is 6.87. The minimum atomic E-state index is -0.828. The van der Waals surface area contributed by atoms with Gasteiger partial charge in [0.25, 0.3) is 0 Å². The molecule has 27 heavy (non-hydrogen) atoms. The number of nitrogens with zero attached hydrogens (tertiary/aromatic N) is 1. The molecule has 2 atom stereocenters. The Bertz CT molecular complexity index is 820. The smallest absolute Gasteiger partial charge is 0.227 e. The number of nitrogens with one attached hydrogen (secondary N) is 1. The zero-order chi connectivity index (χ0) is 18.7. The number of carbonyl (C=O) groups is 2. The van der Waals surface area contributed by atoms with E-state index in [1.807, 2.05) is 30.3 Å².